The van der Waals surface area contributed by atoms with Crippen molar-refractivity contribution >= 4 is 29.1 Å². The zero-order chi connectivity index (χ0) is 12.1. The Hall–Kier alpha value is -1.54. The van der Waals surface area contributed by atoms with Crippen molar-refractivity contribution < 1.29 is 4.79 Å². The maximum atomic E-state index is 11.0. The Labute approximate surface area is 101 Å². The molecule has 0 saturated carbocycles. The quantitative estimate of drug-likeness (QED) is 0.748. The molecule has 1 rings (SSSR count). The van der Waals surface area contributed by atoms with Gasteiger partial charge >= 0.3 is 0 Å². The first kappa shape index (κ1) is 12.5. The van der Waals surface area contributed by atoms with Crippen LogP contribution in [0, 0.1) is 0 Å². The molecule has 16 heavy (non-hydrogen) atoms. The van der Waals surface area contributed by atoms with Gasteiger partial charge in [0.2, 0.25) is 0 Å². The van der Waals surface area contributed by atoms with Crippen LogP contribution in [0.25, 0.3) is 6.08 Å². The number of allylic oxidation sites excluding steroid dienone is 2. The minimum Gasteiger partial charge on any atom is -0.376 e. The molecule has 2 nitrogen and oxygen atoms in total. The lowest BCUT2D eigenvalue weighted by molar-refractivity contribution is -0.110. The molecule has 84 valence electrons. The summed E-state index contributed by atoms with van der Waals surface area (Å²) in [6.45, 7) is 3.39. The van der Waals surface area contributed by atoms with E-state index in [1.807, 2.05) is 37.2 Å². The fourth-order valence-corrected chi connectivity index (χ4v) is 1.59. The van der Waals surface area contributed by atoms with Crippen molar-refractivity contribution in [3.63, 3.8) is 0 Å². The van der Waals surface area contributed by atoms with E-state index in [4.69, 9.17) is 11.6 Å². The fraction of sp³-hybridized carbons (Fsp3) is 0.154. The van der Waals surface area contributed by atoms with E-state index >= 15 is 0 Å². The van der Waals surface area contributed by atoms with Crippen LogP contribution in [0.4, 0.5) is 5.69 Å². The van der Waals surface area contributed by atoms with Gasteiger partial charge in [0.1, 0.15) is 0 Å². The van der Waals surface area contributed by atoms with Crippen molar-refractivity contribution in [2.75, 3.05) is 19.0 Å². The second-order valence-electron chi connectivity index (χ2n) is 3.55. The number of benzene rings is 1. The fourth-order valence-electron chi connectivity index (χ4n) is 1.24. The van der Waals surface area contributed by atoms with Gasteiger partial charge in [-0.15, -0.1) is 0 Å². The molecular weight excluding hydrogens is 222 g/mol. The molecule has 0 atom stereocenters. The van der Waals surface area contributed by atoms with Crippen LogP contribution in [0.2, 0.25) is 5.02 Å². The molecule has 1 aromatic carbocycles. The van der Waals surface area contributed by atoms with Gasteiger partial charge in [0, 0.05) is 14.1 Å². The summed E-state index contributed by atoms with van der Waals surface area (Å²) in [7, 11) is 3.86. The highest BCUT2D eigenvalue weighted by molar-refractivity contribution is 6.33. The van der Waals surface area contributed by atoms with Crippen LogP contribution >= 0.6 is 11.6 Å². The van der Waals surface area contributed by atoms with Gasteiger partial charge in [0.15, 0.2) is 5.78 Å². The lowest BCUT2D eigenvalue weighted by atomic mass is 10.1. The molecule has 0 aromatic heterocycles. The summed E-state index contributed by atoms with van der Waals surface area (Å²) < 4.78 is 0. The summed E-state index contributed by atoms with van der Waals surface area (Å²) in [5.41, 5.74) is 1.85. The lowest BCUT2D eigenvalue weighted by Gasteiger charge is -2.14. The highest BCUT2D eigenvalue weighted by Gasteiger charge is 2.01. The average molecular weight is 236 g/mol. The van der Waals surface area contributed by atoms with Crippen LogP contribution in [-0.2, 0) is 4.79 Å². The van der Waals surface area contributed by atoms with Crippen LogP contribution in [-0.4, -0.2) is 19.9 Å². The van der Waals surface area contributed by atoms with E-state index in [2.05, 4.69) is 6.58 Å². The Morgan fingerprint density at radius 1 is 1.44 bits per heavy atom. The van der Waals surface area contributed by atoms with E-state index in [0.29, 0.717) is 5.02 Å². The van der Waals surface area contributed by atoms with Crippen molar-refractivity contribution in [1.29, 1.82) is 0 Å². The largest absolute Gasteiger partial charge is 0.376 e. The first-order valence-corrected chi connectivity index (χ1v) is 5.23. The monoisotopic (exact) mass is 235 g/mol. The Morgan fingerprint density at radius 3 is 2.62 bits per heavy atom. The maximum Gasteiger partial charge on any atom is 0.178 e. The summed E-state index contributed by atoms with van der Waals surface area (Å²) in [4.78, 5) is 12.9. The maximum absolute atomic E-state index is 11.0. The van der Waals surface area contributed by atoms with Gasteiger partial charge in [0.25, 0.3) is 0 Å². The van der Waals surface area contributed by atoms with E-state index in [1.165, 1.54) is 12.2 Å². The van der Waals surface area contributed by atoms with Gasteiger partial charge in [0.05, 0.1) is 10.7 Å². The van der Waals surface area contributed by atoms with Crippen LogP contribution in [0.1, 0.15) is 5.56 Å². The topological polar surface area (TPSA) is 20.3 Å². The van der Waals surface area contributed by atoms with Gasteiger partial charge in [-0.25, -0.2) is 0 Å². The van der Waals surface area contributed by atoms with Gasteiger partial charge in [-0.05, 0) is 29.8 Å². The Kier molecular flexibility index (Phi) is 4.32. The highest BCUT2D eigenvalue weighted by Crippen LogP contribution is 2.25. The van der Waals surface area contributed by atoms with E-state index in [0.717, 1.165) is 11.3 Å². The van der Waals surface area contributed by atoms with Gasteiger partial charge < -0.3 is 4.90 Å². The standard InChI is InChI=1S/C13H14ClNO/c1-4-11(16)7-5-10-6-8-13(15(2)3)12(14)9-10/h4-9H,1H2,2-3H3. The van der Waals surface area contributed by atoms with E-state index in [-0.39, 0.29) is 5.78 Å². The normalized spacial score (nSPS) is 10.4. The third-order valence-electron chi connectivity index (χ3n) is 2.09. The van der Waals surface area contributed by atoms with Crippen LogP contribution in [0.15, 0.2) is 36.9 Å². The number of halogens is 1. The number of hydrogen-bond donors (Lipinski definition) is 0. The number of anilines is 1. The zero-order valence-corrected chi connectivity index (χ0v) is 10.2. The second kappa shape index (κ2) is 5.52. The molecular formula is C13H14ClNO. The average Bonchev–Trinajstić information content (AvgIpc) is 2.25. The molecule has 0 radical (unpaired) electrons. The smallest absolute Gasteiger partial charge is 0.178 e. The Morgan fingerprint density at radius 2 is 2.12 bits per heavy atom. The van der Waals surface area contributed by atoms with E-state index in [9.17, 15) is 4.79 Å². The molecule has 3 heteroatoms. The molecule has 0 aliphatic carbocycles. The van der Waals surface area contributed by atoms with Crippen molar-refractivity contribution in [3.8, 4) is 0 Å². The number of ketones is 1. The minimum absolute atomic E-state index is 0.118. The molecule has 0 aliphatic rings. The molecule has 0 saturated heterocycles. The number of rotatable bonds is 4. The lowest BCUT2D eigenvalue weighted by Crippen LogP contribution is -2.08. The SMILES string of the molecule is C=CC(=O)C=Cc1ccc(N(C)C)c(Cl)c1. The van der Waals surface area contributed by atoms with Gasteiger partial charge in [-0.1, -0.05) is 30.3 Å². The molecule has 1 aromatic rings. The van der Waals surface area contributed by atoms with Crippen LogP contribution in [0.5, 0.6) is 0 Å². The van der Waals surface area contributed by atoms with Crippen LogP contribution < -0.4 is 4.90 Å². The molecule has 0 heterocycles. The van der Waals surface area contributed by atoms with Crippen molar-refractivity contribution in [1.82, 2.24) is 0 Å². The minimum atomic E-state index is -0.118. The number of carbonyl (C=O) groups is 1. The molecule has 0 spiro atoms. The Bertz CT molecular complexity index is 436. The third kappa shape index (κ3) is 3.24. The van der Waals surface area contributed by atoms with Crippen molar-refractivity contribution in [3.05, 3.63) is 47.5 Å². The number of nitrogens with zero attached hydrogens (tertiary/aromatic N) is 1. The summed E-state index contributed by atoms with van der Waals surface area (Å²) in [6, 6.07) is 5.65. The highest BCUT2D eigenvalue weighted by atomic mass is 35.5. The molecule has 0 N–H and O–H groups in total. The Balaban J connectivity index is 2.93. The van der Waals surface area contributed by atoms with Crippen molar-refractivity contribution in [2.45, 2.75) is 0 Å². The summed E-state index contributed by atoms with van der Waals surface area (Å²) in [5.74, 6) is -0.118. The first-order chi connectivity index (χ1) is 7.54. The third-order valence-corrected chi connectivity index (χ3v) is 2.40. The molecule has 0 aliphatic heterocycles. The zero-order valence-electron chi connectivity index (χ0n) is 9.40. The summed E-state index contributed by atoms with van der Waals surface area (Å²) in [5, 5.41) is 0.665. The van der Waals surface area contributed by atoms with E-state index < -0.39 is 0 Å². The summed E-state index contributed by atoms with van der Waals surface area (Å²) >= 11 is 6.09. The number of hydrogen-bond acceptors (Lipinski definition) is 2. The summed E-state index contributed by atoms with van der Waals surface area (Å²) in [6.07, 6.45) is 4.45. The first-order valence-electron chi connectivity index (χ1n) is 4.86. The van der Waals surface area contributed by atoms with Crippen LogP contribution in [0.3, 0.4) is 0 Å². The van der Waals surface area contributed by atoms with Gasteiger partial charge in [-0.3, -0.25) is 4.79 Å². The predicted octanol–water partition coefficient (Wildman–Crippen LogP) is 3.17. The molecule has 0 amide bonds. The molecule has 0 bridgehead atoms. The van der Waals surface area contributed by atoms with Crippen molar-refractivity contribution in [2.24, 2.45) is 0 Å². The number of carbonyl (C=O) groups excluding carboxylic acids is 1. The van der Waals surface area contributed by atoms with E-state index in [1.54, 1.807) is 6.08 Å². The predicted molar refractivity (Wildman–Crippen MR) is 70.0 cm³/mol. The van der Waals surface area contributed by atoms with Gasteiger partial charge in [-0.2, -0.15) is 0 Å². The molecule has 0 unspecified atom stereocenters. The second-order valence-corrected chi connectivity index (χ2v) is 3.95. The molecule has 0 fully saturated rings.